The van der Waals surface area contributed by atoms with Gasteiger partial charge in [-0.15, -0.1) is 11.8 Å². The molecule has 0 atom stereocenters. The first kappa shape index (κ1) is 15.6. The fourth-order valence-electron chi connectivity index (χ4n) is 2.20. The average molecular weight is 331 g/mol. The van der Waals surface area contributed by atoms with Gasteiger partial charge in [0.25, 0.3) is 0 Å². The number of piperidine rings is 1. The number of nitriles is 1. The van der Waals surface area contributed by atoms with Crippen LogP contribution in [0.1, 0.15) is 12.8 Å². The molecule has 0 aromatic heterocycles. The lowest BCUT2D eigenvalue weighted by Gasteiger charge is -2.35. The van der Waals surface area contributed by atoms with E-state index in [0.29, 0.717) is 31.0 Å². The molecular weight excluding hydrogens is 316 g/mol. The van der Waals surface area contributed by atoms with Gasteiger partial charge in [-0.05, 0) is 43.4 Å². The summed E-state index contributed by atoms with van der Waals surface area (Å²) in [6, 6.07) is 8.47. The topological polar surface area (TPSA) is 61.2 Å². The van der Waals surface area contributed by atoms with Crippen LogP contribution in [-0.2, 0) is 10.0 Å². The molecule has 1 aromatic rings. The van der Waals surface area contributed by atoms with Crippen LogP contribution in [0.2, 0.25) is 5.02 Å². The van der Waals surface area contributed by atoms with Crippen LogP contribution in [0.3, 0.4) is 0 Å². The van der Waals surface area contributed by atoms with Crippen molar-refractivity contribution < 1.29 is 8.42 Å². The number of benzene rings is 1. The number of hydrogen-bond donors (Lipinski definition) is 0. The predicted molar refractivity (Wildman–Crippen MR) is 81.3 cm³/mol. The molecule has 4 nitrogen and oxygen atoms in total. The molecule has 0 unspecified atom stereocenters. The summed E-state index contributed by atoms with van der Waals surface area (Å²) in [4.78, 5) is 0.246. The highest BCUT2D eigenvalue weighted by atomic mass is 35.5. The largest absolute Gasteiger partial charge is 0.243 e. The van der Waals surface area contributed by atoms with E-state index in [1.165, 1.54) is 28.2 Å². The molecule has 0 N–H and O–H groups in total. The van der Waals surface area contributed by atoms with E-state index in [0.717, 1.165) is 0 Å². The molecule has 0 aliphatic carbocycles. The lowest BCUT2D eigenvalue weighted by atomic mass is 9.99. The molecule has 2 rings (SSSR count). The monoisotopic (exact) mass is 330 g/mol. The maximum absolute atomic E-state index is 12.5. The first-order valence-electron chi connectivity index (χ1n) is 6.16. The SMILES string of the molecule is CSC1(C#N)CCN(S(=O)(=O)c2ccc(Cl)cc2)CC1. The van der Waals surface area contributed by atoms with Gasteiger partial charge < -0.3 is 0 Å². The molecule has 1 aliphatic rings. The zero-order valence-electron chi connectivity index (χ0n) is 11.0. The number of nitrogens with zero attached hydrogens (tertiary/aromatic N) is 2. The molecule has 0 saturated carbocycles. The lowest BCUT2D eigenvalue weighted by molar-refractivity contribution is 0.327. The second-order valence-electron chi connectivity index (χ2n) is 4.67. The molecule has 0 radical (unpaired) electrons. The Kier molecular flexibility index (Phi) is 4.65. The Morgan fingerprint density at radius 1 is 1.30 bits per heavy atom. The van der Waals surface area contributed by atoms with Gasteiger partial charge in [-0.3, -0.25) is 0 Å². The van der Waals surface area contributed by atoms with Gasteiger partial charge in [-0.2, -0.15) is 9.57 Å². The highest BCUT2D eigenvalue weighted by Gasteiger charge is 2.38. The van der Waals surface area contributed by atoms with Crippen molar-refractivity contribution in [1.82, 2.24) is 4.31 Å². The zero-order chi connectivity index (χ0) is 14.8. The van der Waals surface area contributed by atoms with Gasteiger partial charge in [0.15, 0.2) is 0 Å². The third kappa shape index (κ3) is 2.96. The lowest BCUT2D eigenvalue weighted by Crippen LogP contribution is -2.44. The van der Waals surface area contributed by atoms with Crippen LogP contribution in [-0.4, -0.2) is 36.8 Å². The Balaban J connectivity index is 2.18. The first-order valence-corrected chi connectivity index (χ1v) is 9.20. The average Bonchev–Trinajstić information content (AvgIpc) is 2.47. The molecule has 1 fully saturated rings. The highest BCUT2D eigenvalue weighted by molar-refractivity contribution is 8.00. The number of hydrogen-bond acceptors (Lipinski definition) is 4. The van der Waals surface area contributed by atoms with E-state index >= 15 is 0 Å². The van der Waals surface area contributed by atoms with Crippen LogP contribution < -0.4 is 0 Å². The summed E-state index contributed by atoms with van der Waals surface area (Å²) in [6.45, 7) is 0.749. The van der Waals surface area contributed by atoms with E-state index in [2.05, 4.69) is 6.07 Å². The van der Waals surface area contributed by atoms with Crippen molar-refractivity contribution in [1.29, 1.82) is 5.26 Å². The van der Waals surface area contributed by atoms with Gasteiger partial charge in [-0.1, -0.05) is 11.6 Å². The third-order valence-corrected chi connectivity index (χ3v) is 7.02. The summed E-state index contributed by atoms with van der Waals surface area (Å²) >= 11 is 7.28. The van der Waals surface area contributed by atoms with E-state index in [4.69, 9.17) is 11.6 Å². The van der Waals surface area contributed by atoms with Gasteiger partial charge >= 0.3 is 0 Å². The van der Waals surface area contributed by atoms with Crippen LogP contribution in [0.25, 0.3) is 0 Å². The molecule has 0 amide bonds. The van der Waals surface area contributed by atoms with Crippen molar-refractivity contribution in [3.8, 4) is 6.07 Å². The normalized spacial score (nSPS) is 19.4. The summed E-state index contributed by atoms with van der Waals surface area (Å²) in [5.74, 6) is 0. The highest BCUT2D eigenvalue weighted by Crippen LogP contribution is 2.35. The Morgan fingerprint density at radius 3 is 2.30 bits per heavy atom. The summed E-state index contributed by atoms with van der Waals surface area (Å²) in [5.41, 5.74) is 0. The van der Waals surface area contributed by atoms with Crippen molar-refractivity contribution in [3.05, 3.63) is 29.3 Å². The van der Waals surface area contributed by atoms with Gasteiger partial charge in [0.05, 0.1) is 11.0 Å². The predicted octanol–water partition coefficient (Wildman–Crippen LogP) is 2.75. The summed E-state index contributed by atoms with van der Waals surface area (Å²) in [6.07, 6.45) is 3.00. The second kappa shape index (κ2) is 5.94. The molecule has 1 aliphatic heterocycles. The maximum atomic E-state index is 12.5. The minimum absolute atomic E-state index is 0.246. The summed E-state index contributed by atoms with van der Waals surface area (Å²) < 4.78 is 26.0. The van der Waals surface area contributed by atoms with Crippen LogP contribution >= 0.6 is 23.4 Å². The van der Waals surface area contributed by atoms with Gasteiger partial charge in [0, 0.05) is 18.1 Å². The smallest absolute Gasteiger partial charge is 0.207 e. The zero-order valence-corrected chi connectivity index (χ0v) is 13.4. The van der Waals surface area contributed by atoms with E-state index in [-0.39, 0.29) is 4.90 Å². The van der Waals surface area contributed by atoms with Crippen molar-refractivity contribution in [2.45, 2.75) is 22.5 Å². The van der Waals surface area contributed by atoms with Gasteiger partial charge in [0.1, 0.15) is 4.75 Å². The molecule has 0 bridgehead atoms. The molecule has 108 valence electrons. The van der Waals surface area contributed by atoms with Crippen molar-refractivity contribution in [2.75, 3.05) is 19.3 Å². The summed E-state index contributed by atoms with van der Waals surface area (Å²) in [7, 11) is -3.49. The van der Waals surface area contributed by atoms with Gasteiger partial charge in [0.2, 0.25) is 10.0 Å². The third-order valence-electron chi connectivity index (χ3n) is 3.58. The van der Waals surface area contributed by atoms with Crippen molar-refractivity contribution >= 4 is 33.4 Å². The first-order chi connectivity index (χ1) is 9.43. The van der Waals surface area contributed by atoms with E-state index in [1.54, 1.807) is 12.1 Å². The van der Waals surface area contributed by atoms with E-state index in [9.17, 15) is 13.7 Å². The molecule has 0 spiro atoms. The van der Waals surface area contributed by atoms with Crippen LogP contribution in [0.4, 0.5) is 0 Å². The van der Waals surface area contributed by atoms with Crippen molar-refractivity contribution in [3.63, 3.8) is 0 Å². The van der Waals surface area contributed by atoms with Crippen LogP contribution in [0.15, 0.2) is 29.2 Å². The van der Waals surface area contributed by atoms with Crippen LogP contribution in [0.5, 0.6) is 0 Å². The molecule has 1 aromatic carbocycles. The second-order valence-corrected chi connectivity index (χ2v) is 8.23. The van der Waals surface area contributed by atoms with Crippen molar-refractivity contribution in [2.24, 2.45) is 0 Å². The number of thioether (sulfide) groups is 1. The van der Waals surface area contributed by atoms with E-state index < -0.39 is 14.8 Å². The summed E-state index contributed by atoms with van der Waals surface area (Å²) in [5, 5.41) is 9.73. The minimum atomic E-state index is -3.49. The quantitative estimate of drug-likeness (QED) is 0.855. The number of sulfonamides is 1. The Hall–Kier alpha value is -0.740. The Bertz CT molecular complexity index is 615. The Morgan fingerprint density at radius 2 is 1.85 bits per heavy atom. The fraction of sp³-hybridized carbons (Fsp3) is 0.462. The number of halogens is 1. The molecule has 7 heteroatoms. The van der Waals surface area contributed by atoms with Crippen LogP contribution in [0, 0.1) is 11.3 Å². The maximum Gasteiger partial charge on any atom is 0.243 e. The Labute approximate surface area is 128 Å². The van der Waals surface area contributed by atoms with E-state index in [1.807, 2.05) is 6.26 Å². The molecule has 20 heavy (non-hydrogen) atoms. The van der Waals surface area contributed by atoms with Gasteiger partial charge in [-0.25, -0.2) is 8.42 Å². The molecular formula is C13H15ClN2O2S2. The minimum Gasteiger partial charge on any atom is -0.207 e. The number of rotatable bonds is 3. The molecule has 1 heterocycles. The molecule has 1 saturated heterocycles. The standard InChI is InChI=1S/C13H15ClN2O2S2/c1-19-13(10-15)6-8-16(9-7-13)20(17,18)12-4-2-11(14)3-5-12/h2-5H,6-9H2,1H3. The fourth-order valence-corrected chi connectivity index (χ4v) is 4.45.